The van der Waals surface area contributed by atoms with Crippen LogP contribution in [-0.2, 0) is 14.3 Å². The molecule has 0 spiro atoms. The van der Waals surface area contributed by atoms with Crippen molar-refractivity contribution in [2.45, 2.75) is 0 Å². The van der Waals surface area contributed by atoms with Gasteiger partial charge < -0.3 is 10.1 Å². The maximum atomic E-state index is 12.6. The molecule has 0 saturated carbocycles. The lowest BCUT2D eigenvalue weighted by molar-refractivity contribution is -0.124. The number of nitrogens with zero attached hydrogens (tertiary/aromatic N) is 1. The average molecular weight is 414 g/mol. The first kappa shape index (κ1) is 20.0. The highest BCUT2D eigenvalue weighted by atomic mass is 16.5. The van der Waals surface area contributed by atoms with Crippen molar-refractivity contribution >= 4 is 34.9 Å². The van der Waals surface area contributed by atoms with E-state index < -0.39 is 18.5 Å². The third kappa shape index (κ3) is 4.35. The van der Waals surface area contributed by atoms with Gasteiger partial charge in [0.25, 0.3) is 5.91 Å². The van der Waals surface area contributed by atoms with Gasteiger partial charge in [0.2, 0.25) is 5.91 Å². The molecule has 7 heteroatoms. The van der Waals surface area contributed by atoms with E-state index in [0.29, 0.717) is 22.5 Å². The Balaban J connectivity index is 1.40. The molecule has 3 aromatic carbocycles. The van der Waals surface area contributed by atoms with Crippen molar-refractivity contribution in [3.8, 4) is 0 Å². The van der Waals surface area contributed by atoms with Crippen molar-refractivity contribution in [2.24, 2.45) is 0 Å². The number of benzene rings is 3. The maximum Gasteiger partial charge on any atom is 0.338 e. The van der Waals surface area contributed by atoms with Crippen molar-refractivity contribution in [1.29, 1.82) is 0 Å². The van der Waals surface area contributed by atoms with E-state index in [1.807, 2.05) is 6.07 Å². The highest BCUT2D eigenvalue weighted by molar-refractivity contribution is 6.11. The van der Waals surface area contributed by atoms with Crippen molar-refractivity contribution in [3.05, 3.63) is 95.6 Å². The van der Waals surface area contributed by atoms with E-state index in [2.05, 4.69) is 5.32 Å². The first-order chi connectivity index (χ1) is 15.0. The first-order valence-corrected chi connectivity index (χ1v) is 9.59. The smallest absolute Gasteiger partial charge is 0.338 e. The summed E-state index contributed by atoms with van der Waals surface area (Å²) in [6, 6.07) is 21.8. The van der Waals surface area contributed by atoms with Crippen LogP contribution in [0.3, 0.4) is 0 Å². The number of esters is 1. The van der Waals surface area contributed by atoms with Crippen LogP contribution in [0, 0.1) is 0 Å². The summed E-state index contributed by atoms with van der Waals surface area (Å²) in [6.45, 7) is -0.658. The van der Waals surface area contributed by atoms with E-state index in [1.54, 1.807) is 60.7 Å². The first-order valence-electron chi connectivity index (χ1n) is 9.59. The summed E-state index contributed by atoms with van der Waals surface area (Å²) in [5, 5.41) is 2.69. The Morgan fingerprint density at radius 3 is 2.16 bits per heavy atom. The molecule has 3 aromatic rings. The molecule has 0 saturated heterocycles. The number of fused-ring (bicyclic) bond motifs is 1. The van der Waals surface area contributed by atoms with E-state index in [0.717, 1.165) is 0 Å². The Kier molecular flexibility index (Phi) is 5.57. The molecule has 1 heterocycles. The molecule has 4 rings (SSSR count). The van der Waals surface area contributed by atoms with Gasteiger partial charge in [-0.2, -0.15) is 0 Å². The number of hydrogen-bond donors (Lipinski definition) is 1. The molecule has 1 aliphatic rings. The van der Waals surface area contributed by atoms with Gasteiger partial charge in [-0.25, -0.2) is 4.79 Å². The lowest BCUT2D eigenvalue weighted by Gasteiger charge is -2.28. The minimum Gasteiger partial charge on any atom is -0.452 e. The van der Waals surface area contributed by atoms with E-state index in [-0.39, 0.29) is 23.8 Å². The predicted molar refractivity (Wildman–Crippen MR) is 114 cm³/mol. The topological polar surface area (TPSA) is 92.8 Å². The van der Waals surface area contributed by atoms with E-state index in [9.17, 15) is 19.2 Å². The number of hydrogen-bond acceptors (Lipinski definition) is 5. The van der Waals surface area contributed by atoms with Crippen LogP contribution in [0.5, 0.6) is 0 Å². The standard InChI is InChI=1S/C24H18N2O5/c27-21-14-26(20-9-5-4-8-19(20)25-21)22(28)15-31-24(30)18-12-10-17(11-13-18)23(29)16-6-2-1-3-7-16/h1-13H,14-15H2,(H,25,27). The van der Waals surface area contributed by atoms with Crippen LogP contribution in [0.25, 0.3) is 0 Å². The molecular weight excluding hydrogens is 396 g/mol. The zero-order valence-electron chi connectivity index (χ0n) is 16.4. The van der Waals surface area contributed by atoms with Crippen LogP contribution in [0.2, 0.25) is 0 Å². The summed E-state index contributed by atoms with van der Waals surface area (Å²) in [5.41, 5.74) is 2.28. The Morgan fingerprint density at radius 1 is 0.806 bits per heavy atom. The van der Waals surface area contributed by atoms with Crippen molar-refractivity contribution in [2.75, 3.05) is 23.4 Å². The van der Waals surface area contributed by atoms with Crippen LogP contribution in [0.4, 0.5) is 11.4 Å². The third-order valence-electron chi connectivity index (χ3n) is 4.82. The molecule has 2 amide bonds. The number of nitrogens with one attached hydrogen (secondary N) is 1. The van der Waals surface area contributed by atoms with E-state index in [4.69, 9.17) is 4.74 Å². The monoisotopic (exact) mass is 414 g/mol. The Labute approximate surface area is 178 Å². The fourth-order valence-corrected chi connectivity index (χ4v) is 3.26. The van der Waals surface area contributed by atoms with Gasteiger partial charge in [0, 0.05) is 11.1 Å². The molecule has 31 heavy (non-hydrogen) atoms. The number of carbonyl (C=O) groups is 4. The number of ketones is 1. The lowest BCUT2D eigenvalue weighted by atomic mass is 10.0. The molecule has 0 unspecified atom stereocenters. The van der Waals surface area contributed by atoms with Gasteiger partial charge in [0.05, 0.1) is 16.9 Å². The van der Waals surface area contributed by atoms with Crippen LogP contribution >= 0.6 is 0 Å². The Morgan fingerprint density at radius 2 is 1.42 bits per heavy atom. The highest BCUT2D eigenvalue weighted by Crippen LogP contribution is 2.28. The Hall–Kier alpha value is -4.26. The molecule has 0 aromatic heterocycles. The van der Waals surface area contributed by atoms with Gasteiger partial charge in [0.15, 0.2) is 12.4 Å². The van der Waals surface area contributed by atoms with Gasteiger partial charge in [-0.15, -0.1) is 0 Å². The minimum absolute atomic E-state index is 0.149. The molecule has 0 bridgehead atoms. The number of ether oxygens (including phenoxy) is 1. The largest absolute Gasteiger partial charge is 0.452 e. The average Bonchev–Trinajstić information content (AvgIpc) is 2.82. The normalized spacial score (nSPS) is 12.5. The summed E-state index contributed by atoms with van der Waals surface area (Å²) in [6.07, 6.45) is 0. The van der Waals surface area contributed by atoms with Gasteiger partial charge >= 0.3 is 5.97 Å². The number of anilines is 2. The molecule has 0 atom stereocenters. The van der Waals surface area contributed by atoms with Crippen molar-refractivity contribution < 1.29 is 23.9 Å². The molecule has 0 fully saturated rings. The summed E-state index contributed by atoms with van der Waals surface area (Å²) < 4.78 is 5.13. The van der Waals surface area contributed by atoms with Crippen molar-refractivity contribution in [1.82, 2.24) is 0 Å². The van der Waals surface area contributed by atoms with E-state index >= 15 is 0 Å². The van der Waals surface area contributed by atoms with Gasteiger partial charge in [0.1, 0.15) is 6.54 Å². The molecule has 1 N–H and O–H groups in total. The zero-order valence-corrected chi connectivity index (χ0v) is 16.4. The van der Waals surface area contributed by atoms with Gasteiger partial charge in [-0.1, -0.05) is 54.6 Å². The highest BCUT2D eigenvalue weighted by Gasteiger charge is 2.27. The SMILES string of the molecule is O=C1CN(C(=O)COC(=O)c2ccc(C(=O)c3ccccc3)cc2)c2ccccc2N1. The summed E-state index contributed by atoms with van der Waals surface area (Å²) in [7, 11) is 0. The second-order valence-electron chi connectivity index (χ2n) is 6.89. The van der Waals surface area contributed by atoms with Crippen molar-refractivity contribution in [3.63, 3.8) is 0 Å². The molecule has 7 nitrogen and oxygen atoms in total. The lowest BCUT2D eigenvalue weighted by Crippen LogP contribution is -2.44. The van der Waals surface area contributed by atoms with E-state index in [1.165, 1.54) is 17.0 Å². The number of rotatable bonds is 5. The molecule has 0 aliphatic carbocycles. The number of para-hydroxylation sites is 2. The molecular formula is C24H18N2O5. The zero-order chi connectivity index (χ0) is 21.8. The number of amides is 2. The summed E-state index contributed by atoms with van der Waals surface area (Å²) in [5.74, 6) is -1.68. The third-order valence-corrected chi connectivity index (χ3v) is 4.82. The minimum atomic E-state index is -0.693. The van der Waals surface area contributed by atoms with Crippen LogP contribution in [0.1, 0.15) is 26.3 Å². The van der Waals surface area contributed by atoms with Crippen LogP contribution in [-0.4, -0.2) is 36.7 Å². The van der Waals surface area contributed by atoms with Crippen LogP contribution in [0.15, 0.2) is 78.9 Å². The predicted octanol–water partition coefficient (Wildman–Crippen LogP) is 3.06. The van der Waals surface area contributed by atoms with Gasteiger partial charge in [-0.05, 0) is 24.3 Å². The molecule has 1 aliphatic heterocycles. The summed E-state index contributed by atoms with van der Waals surface area (Å²) in [4.78, 5) is 50.5. The molecule has 154 valence electrons. The number of carbonyl (C=O) groups excluding carboxylic acids is 4. The Bertz CT molecular complexity index is 1160. The molecule has 0 radical (unpaired) electrons. The second kappa shape index (κ2) is 8.62. The fraction of sp³-hybridized carbons (Fsp3) is 0.0833. The quantitative estimate of drug-likeness (QED) is 0.512. The second-order valence-corrected chi connectivity index (χ2v) is 6.89. The summed E-state index contributed by atoms with van der Waals surface area (Å²) >= 11 is 0. The van der Waals surface area contributed by atoms with Crippen LogP contribution < -0.4 is 10.2 Å². The fourth-order valence-electron chi connectivity index (χ4n) is 3.26. The van der Waals surface area contributed by atoms with Gasteiger partial charge in [-0.3, -0.25) is 19.3 Å². The maximum absolute atomic E-state index is 12.6.